The van der Waals surface area contributed by atoms with E-state index in [0.29, 0.717) is 18.1 Å². The number of amides is 1. The second-order valence-corrected chi connectivity index (χ2v) is 5.80. The Bertz CT molecular complexity index is 679. The van der Waals surface area contributed by atoms with Gasteiger partial charge >= 0.3 is 0 Å². The molecule has 1 N–H and O–H groups in total. The summed E-state index contributed by atoms with van der Waals surface area (Å²) in [6, 6.07) is 17.0. The van der Waals surface area contributed by atoms with Gasteiger partial charge in [-0.1, -0.05) is 44.2 Å². The Hall–Kier alpha value is -2.62. The largest absolute Gasteiger partial charge is 0.489 e. The van der Waals surface area contributed by atoms with E-state index in [2.05, 4.69) is 24.4 Å². The highest BCUT2D eigenvalue weighted by Crippen LogP contribution is 2.12. The van der Waals surface area contributed by atoms with Gasteiger partial charge in [0.05, 0.1) is 0 Å². The van der Waals surface area contributed by atoms with E-state index in [1.807, 2.05) is 49.4 Å². The maximum absolute atomic E-state index is 12.1. The molecule has 0 radical (unpaired) electrons. The quantitative estimate of drug-likeness (QED) is 0.605. The van der Waals surface area contributed by atoms with Crippen molar-refractivity contribution in [1.82, 2.24) is 5.43 Å². The van der Waals surface area contributed by atoms with Crippen molar-refractivity contribution in [3.63, 3.8) is 0 Å². The van der Waals surface area contributed by atoms with Crippen LogP contribution in [0.3, 0.4) is 0 Å². The van der Waals surface area contributed by atoms with Crippen LogP contribution in [0, 0.1) is 5.92 Å². The standard InChI is InChI=1S/C20H24N2O2/c1-4-15(2)16(3)21-22-20(23)18-12-10-17(11-13-18)14-24-19-8-6-5-7-9-19/h5-13,15H,4,14H2,1-3H3,(H,22,23)/b21-16+. The fourth-order valence-electron chi connectivity index (χ4n) is 2.04. The monoisotopic (exact) mass is 324 g/mol. The van der Waals surface area contributed by atoms with Crippen LogP contribution in [0.2, 0.25) is 0 Å². The molecule has 126 valence electrons. The number of benzene rings is 2. The molecule has 1 atom stereocenters. The summed E-state index contributed by atoms with van der Waals surface area (Å²) in [5.41, 5.74) is 5.13. The SMILES string of the molecule is CCC(C)/C(C)=N/NC(=O)c1ccc(COc2ccccc2)cc1. The molecule has 0 aliphatic carbocycles. The van der Waals surface area contributed by atoms with Gasteiger partial charge in [-0.25, -0.2) is 5.43 Å². The van der Waals surface area contributed by atoms with Gasteiger partial charge in [0.25, 0.3) is 5.91 Å². The summed E-state index contributed by atoms with van der Waals surface area (Å²) >= 11 is 0. The minimum Gasteiger partial charge on any atom is -0.489 e. The number of rotatable bonds is 7. The van der Waals surface area contributed by atoms with Crippen LogP contribution in [-0.4, -0.2) is 11.6 Å². The summed E-state index contributed by atoms with van der Waals surface area (Å²) in [5, 5.41) is 4.16. The molecule has 0 saturated heterocycles. The highest BCUT2D eigenvalue weighted by Gasteiger charge is 2.07. The Kier molecular flexibility index (Phi) is 6.55. The highest BCUT2D eigenvalue weighted by atomic mass is 16.5. The Morgan fingerprint density at radius 3 is 2.42 bits per heavy atom. The van der Waals surface area contributed by atoms with Crippen molar-refractivity contribution in [1.29, 1.82) is 0 Å². The molecule has 0 aromatic heterocycles. The fraction of sp³-hybridized carbons (Fsp3) is 0.300. The van der Waals surface area contributed by atoms with Crippen molar-refractivity contribution >= 4 is 11.6 Å². The maximum Gasteiger partial charge on any atom is 0.271 e. The normalized spacial score (nSPS) is 12.5. The third kappa shape index (κ3) is 5.23. The third-order valence-corrected chi connectivity index (χ3v) is 4.02. The van der Waals surface area contributed by atoms with Gasteiger partial charge in [0.15, 0.2) is 0 Å². The van der Waals surface area contributed by atoms with Crippen LogP contribution in [0.5, 0.6) is 5.75 Å². The van der Waals surface area contributed by atoms with Gasteiger partial charge < -0.3 is 4.74 Å². The predicted molar refractivity (Wildman–Crippen MR) is 97.2 cm³/mol. The Balaban J connectivity index is 1.90. The van der Waals surface area contributed by atoms with Gasteiger partial charge in [0, 0.05) is 11.3 Å². The van der Waals surface area contributed by atoms with Crippen molar-refractivity contribution in [3.8, 4) is 5.75 Å². The van der Waals surface area contributed by atoms with Crippen LogP contribution in [-0.2, 0) is 6.61 Å². The summed E-state index contributed by atoms with van der Waals surface area (Å²) < 4.78 is 5.69. The molecule has 2 aromatic carbocycles. The molecule has 0 spiro atoms. The van der Waals surface area contributed by atoms with E-state index in [9.17, 15) is 4.79 Å². The number of carbonyl (C=O) groups excluding carboxylic acids is 1. The zero-order chi connectivity index (χ0) is 17.4. The van der Waals surface area contributed by atoms with Gasteiger partial charge in [0.2, 0.25) is 0 Å². The molecule has 2 aromatic rings. The number of hydrazone groups is 1. The van der Waals surface area contributed by atoms with E-state index in [4.69, 9.17) is 4.74 Å². The van der Waals surface area contributed by atoms with Crippen molar-refractivity contribution in [2.45, 2.75) is 33.8 Å². The molecule has 2 rings (SSSR count). The molecule has 0 heterocycles. The van der Waals surface area contributed by atoms with Crippen LogP contribution in [0.1, 0.15) is 43.1 Å². The number of para-hydroxylation sites is 1. The lowest BCUT2D eigenvalue weighted by molar-refractivity contribution is 0.0954. The molecule has 0 aliphatic rings. The van der Waals surface area contributed by atoms with Crippen LogP contribution < -0.4 is 10.2 Å². The minimum atomic E-state index is -0.201. The van der Waals surface area contributed by atoms with Gasteiger partial charge in [-0.05, 0) is 49.1 Å². The number of hydrogen-bond acceptors (Lipinski definition) is 3. The fourth-order valence-corrected chi connectivity index (χ4v) is 2.04. The average molecular weight is 324 g/mol. The van der Waals surface area contributed by atoms with Gasteiger partial charge in [-0.15, -0.1) is 0 Å². The summed E-state index contributed by atoms with van der Waals surface area (Å²) in [7, 11) is 0. The first kappa shape index (κ1) is 17.7. The molecule has 4 nitrogen and oxygen atoms in total. The molecule has 0 fully saturated rings. The van der Waals surface area contributed by atoms with Gasteiger partial charge in [-0.3, -0.25) is 4.79 Å². The van der Waals surface area contributed by atoms with Gasteiger partial charge in [0.1, 0.15) is 12.4 Å². The molecule has 0 bridgehead atoms. The maximum atomic E-state index is 12.1. The molecule has 0 aliphatic heterocycles. The van der Waals surface area contributed by atoms with Crippen molar-refractivity contribution < 1.29 is 9.53 Å². The molecular weight excluding hydrogens is 300 g/mol. The molecular formula is C20H24N2O2. The van der Waals surface area contributed by atoms with Crippen molar-refractivity contribution in [3.05, 3.63) is 65.7 Å². The molecule has 1 unspecified atom stereocenters. The van der Waals surface area contributed by atoms with Gasteiger partial charge in [-0.2, -0.15) is 5.10 Å². The van der Waals surface area contributed by atoms with E-state index >= 15 is 0 Å². The van der Waals surface area contributed by atoms with Crippen LogP contribution in [0.25, 0.3) is 0 Å². The zero-order valence-electron chi connectivity index (χ0n) is 14.5. The first-order chi connectivity index (χ1) is 11.6. The average Bonchev–Trinajstić information content (AvgIpc) is 2.64. The van der Waals surface area contributed by atoms with E-state index in [0.717, 1.165) is 23.4 Å². The third-order valence-electron chi connectivity index (χ3n) is 4.02. The summed E-state index contributed by atoms with van der Waals surface area (Å²) in [6.07, 6.45) is 1.00. The van der Waals surface area contributed by atoms with E-state index < -0.39 is 0 Å². The lowest BCUT2D eigenvalue weighted by Crippen LogP contribution is -2.21. The van der Waals surface area contributed by atoms with Crippen LogP contribution in [0.15, 0.2) is 59.7 Å². The Labute approximate surface area is 143 Å². The van der Waals surface area contributed by atoms with Crippen molar-refractivity contribution in [2.24, 2.45) is 11.0 Å². The number of hydrogen-bond donors (Lipinski definition) is 1. The molecule has 0 saturated carbocycles. The number of nitrogens with zero attached hydrogens (tertiary/aromatic N) is 1. The van der Waals surface area contributed by atoms with E-state index in [1.165, 1.54) is 0 Å². The number of nitrogens with one attached hydrogen (secondary N) is 1. The molecule has 24 heavy (non-hydrogen) atoms. The predicted octanol–water partition coefficient (Wildman–Crippen LogP) is 4.42. The summed E-state index contributed by atoms with van der Waals surface area (Å²) in [6.45, 7) is 6.59. The van der Waals surface area contributed by atoms with Crippen molar-refractivity contribution in [2.75, 3.05) is 0 Å². The first-order valence-electron chi connectivity index (χ1n) is 8.21. The molecule has 4 heteroatoms. The smallest absolute Gasteiger partial charge is 0.271 e. The lowest BCUT2D eigenvalue weighted by atomic mass is 10.1. The number of carbonyl (C=O) groups is 1. The number of ether oxygens (including phenoxy) is 1. The minimum absolute atomic E-state index is 0.201. The topological polar surface area (TPSA) is 50.7 Å². The lowest BCUT2D eigenvalue weighted by Gasteiger charge is -2.09. The summed E-state index contributed by atoms with van der Waals surface area (Å²) in [5.74, 6) is 0.991. The van der Waals surface area contributed by atoms with E-state index in [-0.39, 0.29) is 5.91 Å². The Morgan fingerprint density at radius 1 is 1.12 bits per heavy atom. The molecule has 1 amide bonds. The van der Waals surface area contributed by atoms with E-state index in [1.54, 1.807) is 12.1 Å². The zero-order valence-corrected chi connectivity index (χ0v) is 14.5. The first-order valence-corrected chi connectivity index (χ1v) is 8.21. The summed E-state index contributed by atoms with van der Waals surface area (Å²) in [4.78, 5) is 12.1. The second-order valence-electron chi connectivity index (χ2n) is 5.80. The highest BCUT2D eigenvalue weighted by molar-refractivity contribution is 5.95. The Morgan fingerprint density at radius 2 is 1.79 bits per heavy atom. The van der Waals surface area contributed by atoms with Crippen LogP contribution >= 0.6 is 0 Å². The van der Waals surface area contributed by atoms with Crippen LogP contribution in [0.4, 0.5) is 0 Å². The second kappa shape index (κ2) is 8.87.